The van der Waals surface area contributed by atoms with Gasteiger partial charge in [0.25, 0.3) is 5.69 Å². The molecule has 0 radical (unpaired) electrons. The van der Waals surface area contributed by atoms with Gasteiger partial charge in [0.2, 0.25) is 0 Å². The predicted octanol–water partition coefficient (Wildman–Crippen LogP) is 4.35. The van der Waals surface area contributed by atoms with Crippen LogP contribution in [0.3, 0.4) is 0 Å². The molecule has 1 aliphatic rings. The molecule has 0 atom stereocenters. The number of aryl methyl sites for hydroxylation is 2. The van der Waals surface area contributed by atoms with E-state index < -0.39 is 0 Å². The number of hydrogen-bond acceptors (Lipinski definition) is 3. The molecule has 1 fully saturated rings. The second kappa shape index (κ2) is 6.04. The summed E-state index contributed by atoms with van der Waals surface area (Å²) >= 11 is 0. The Morgan fingerprint density at radius 3 is 2.32 bits per heavy atom. The highest BCUT2D eigenvalue weighted by atomic mass is 16.6. The fourth-order valence-corrected chi connectivity index (χ4v) is 2.84. The van der Waals surface area contributed by atoms with E-state index in [0.717, 1.165) is 16.8 Å². The highest BCUT2D eigenvalue weighted by molar-refractivity contribution is 5.60. The van der Waals surface area contributed by atoms with Crippen LogP contribution in [-0.4, -0.2) is 11.0 Å². The largest absolute Gasteiger partial charge is 0.382 e. The van der Waals surface area contributed by atoms with Gasteiger partial charge in [-0.2, -0.15) is 0 Å². The molecular weight excluding hydrogens is 240 g/mol. The van der Waals surface area contributed by atoms with Crippen molar-refractivity contribution in [1.29, 1.82) is 0 Å². The minimum absolute atomic E-state index is 0.210. The van der Waals surface area contributed by atoms with Crippen molar-refractivity contribution in [1.82, 2.24) is 0 Å². The molecule has 0 spiro atoms. The Hall–Kier alpha value is -1.58. The smallest absolute Gasteiger partial charge is 0.274 e. The molecule has 19 heavy (non-hydrogen) atoms. The predicted molar refractivity (Wildman–Crippen MR) is 77.7 cm³/mol. The Kier molecular flexibility index (Phi) is 4.40. The van der Waals surface area contributed by atoms with Gasteiger partial charge >= 0.3 is 0 Å². The summed E-state index contributed by atoms with van der Waals surface area (Å²) in [6.07, 6.45) is 7.47. The number of nitro benzene ring substituents is 1. The lowest BCUT2D eigenvalue weighted by Crippen LogP contribution is -2.19. The van der Waals surface area contributed by atoms with Crippen LogP contribution in [0.25, 0.3) is 0 Å². The van der Waals surface area contributed by atoms with Crippen LogP contribution < -0.4 is 5.32 Å². The summed E-state index contributed by atoms with van der Waals surface area (Å²) in [5.41, 5.74) is 2.95. The summed E-state index contributed by atoms with van der Waals surface area (Å²) in [7, 11) is 0. The van der Waals surface area contributed by atoms with Crippen LogP contribution in [0.4, 0.5) is 11.4 Å². The molecule has 0 heterocycles. The summed E-state index contributed by atoms with van der Waals surface area (Å²) in [5.74, 6) is 0. The number of hydrogen-bond donors (Lipinski definition) is 1. The van der Waals surface area contributed by atoms with E-state index in [9.17, 15) is 10.1 Å². The Morgan fingerprint density at radius 2 is 1.74 bits per heavy atom. The third kappa shape index (κ3) is 3.46. The highest BCUT2D eigenvalue weighted by Crippen LogP contribution is 2.28. The molecule has 2 rings (SSSR count). The van der Waals surface area contributed by atoms with Crippen LogP contribution >= 0.6 is 0 Å². The minimum Gasteiger partial charge on any atom is -0.382 e. The average molecular weight is 262 g/mol. The van der Waals surface area contributed by atoms with Crippen molar-refractivity contribution < 1.29 is 4.92 Å². The summed E-state index contributed by atoms with van der Waals surface area (Å²) in [6, 6.07) is 4.05. The van der Waals surface area contributed by atoms with E-state index >= 15 is 0 Å². The minimum atomic E-state index is -0.299. The Bertz CT molecular complexity index is 463. The van der Waals surface area contributed by atoms with Gasteiger partial charge < -0.3 is 5.32 Å². The van der Waals surface area contributed by atoms with Crippen molar-refractivity contribution in [2.24, 2.45) is 0 Å². The monoisotopic (exact) mass is 262 g/mol. The summed E-state index contributed by atoms with van der Waals surface area (Å²) in [6.45, 7) is 3.80. The molecule has 104 valence electrons. The fraction of sp³-hybridized carbons (Fsp3) is 0.600. The third-order valence-corrected chi connectivity index (χ3v) is 3.95. The van der Waals surface area contributed by atoms with Gasteiger partial charge in [-0.1, -0.05) is 25.7 Å². The number of nitrogens with one attached hydrogen (secondary N) is 1. The maximum absolute atomic E-state index is 11.0. The zero-order valence-corrected chi connectivity index (χ0v) is 11.7. The van der Waals surface area contributed by atoms with E-state index in [-0.39, 0.29) is 10.6 Å². The molecule has 0 unspecified atom stereocenters. The highest BCUT2D eigenvalue weighted by Gasteiger charge is 2.17. The molecule has 0 bridgehead atoms. The van der Waals surface area contributed by atoms with Gasteiger partial charge in [-0.15, -0.1) is 0 Å². The Balaban J connectivity index is 2.19. The van der Waals surface area contributed by atoms with Crippen LogP contribution in [0, 0.1) is 24.0 Å². The van der Waals surface area contributed by atoms with Gasteiger partial charge in [0.05, 0.1) is 4.92 Å². The van der Waals surface area contributed by atoms with E-state index in [4.69, 9.17) is 0 Å². The quantitative estimate of drug-likeness (QED) is 0.500. The lowest BCUT2D eigenvalue weighted by molar-refractivity contribution is -0.385. The van der Waals surface area contributed by atoms with Gasteiger partial charge in [0, 0.05) is 23.4 Å². The first kappa shape index (κ1) is 13.8. The molecule has 1 aliphatic carbocycles. The number of nitro groups is 1. The van der Waals surface area contributed by atoms with Gasteiger partial charge in [0.15, 0.2) is 0 Å². The molecule has 1 aromatic rings. The second-order valence-corrected chi connectivity index (χ2v) is 5.54. The van der Waals surface area contributed by atoms with Gasteiger partial charge in [-0.3, -0.25) is 10.1 Å². The van der Waals surface area contributed by atoms with E-state index in [1.807, 2.05) is 13.0 Å². The van der Waals surface area contributed by atoms with Crippen LogP contribution in [0.2, 0.25) is 0 Å². The van der Waals surface area contributed by atoms with Crippen molar-refractivity contribution in [3.63, 3.8) is 0 Å². The molecule has 0 aromatic heterocycles. The zero-order chi connectivity index (χ0) is 13.8. The SMILES string of the molecule is Cc1cc(C)c([N+](=O)[O-])cc1NC1CCCCCC1. The van der Waals surface area contributed by atoms with Crippen molar-refractivity contribution in [2.75, 3.05) is 5.32 Å². The zero-order valence-electron chi connectivity index (χ0n) is 11.7. The van der Waals surface area contributed by atoms with E-state index in [1.165, 1.54) is 38.5 Å². The second-order valence-electron chi connectivity index (χ2n) is 5.54. The first-order chi connectivity index (χ1) is 9.08. The third-order valence-electron chi connectivity index (χ3n) is 3.95. The van der Waals surface area contributed by atoms with E-state index in [2.05, 4.69) is 5.32 Å². The molecule has 4 heteroatoms. The normalized spacial score (nSPS) is 16.9. The summed E-state index contributed by atoms with van der Waals surface area (Å²) < 4.78 is 0. The first-order valence-corrected chi connectivity index (χ1v) is 7.10. The number of rotatable bonds is 3. The van der Waals surface area contributed by atoms with E-state index in [1.54, 1.807) is 13.0 Å². The molecule has 1 N–H and O–H groups in total. The molecule has 1 aromatic carbocycles. The van der Waals surface area contributed by atoms with Gasteiger partial charge in [-0.25, -0.2) is 0 Å². The molecule has 0 amide bonds. The Labute approximate surface area is 114 Å². The molecule has 1 saturated carbocycles. The van der Waals surface area contributed by atoms with Gasteiger partial charge in [0.1, 0.15) is 0 Å². The van der Waals surface area contributed by atoms with Crippen LogP contribution in [0.1, 0.15) is 49.7 Å². The fourth-order valence-electron chi connectivity index (χ4n) is 2.84. The van der Waals surface area contributed by atoms with Crippen LogP contribution in [-0.2, 0) is 0 Å². The van der Waals surface area contributed by atoms with Crippen molar-refractivity contribution in [3.8, 4) is 0 Å². The average Bonchev–Trinajstić information content (AvgIpc) is 2.60. The lowest BCUT2D eigenvalue weighted by atomic mass is 10.1. The number of nitrogens with zero attached hydrogens (tertiary/aromatic N) is 1. The maximum atomic E-state index is 11.0. The topological polar surface area (TPSA) is 55.2 Å². The van der Waals surface area contributed by atoms with Crippen LogP contribution in [0.15, 0.2) is 12.1 Å². The Morgan fingerprint density at radius 1 is 1.11 bits per heavy atom. The molecule has 4 nitrogen and oxygen atoms in total. The van der Waals surface area contributed by atoms with Gasteiger partial charge in [-0.05, 0) is 38.3 Å². The first-order valence-electron chi connectivity index (χ1n) is 7.10. The summed E-state index contributed by atoms with van der Waals surface area (Å²) in [5, 5.41) is 14.5. The van der Waals surface area contributed by atoms with Crippen molar-refractivity contribution in [2.45, 2.75) is 58.4 Å². The standard InChI is InChI=1S/C15H22N2O2/c1-11-9-12(2)15(17(18)19)10-14(11)16-13-7-5-3-4-6-8-13/h9-10,13,16H,3-8H2,1-2H3. The number of anilines is 1. The van der Waals surface area contributed by atoms with Crippen molar-refractivity contribution >= 4 is 11.4 Å². The molecular formula is C15H22N2O2. The summed E-state index contributed by atoms with van der Waals surface area (Å²) in [4.78, 5) is 10.7. The lowest BCUT2D eigenvalue weighted by Gasteiger charge is -2.19. The van der Waals surface area contributed by atoms with Crippen molar-refractivity contribution in [3.05, 3.63) is 33.4 Å². The van der Waals surface area contributed by atoms with Crippen LogP contribution in [0.5, 0.6) is 0 Å². The molecule has 0 saturated heterocycles. The number of benzene rings is 1. The maximum Gasteiger partial charge on any atom is 0.274 e. The molecule has 0 aliphatic heterocycles. The van der Waals surface area contributed by atoms with E-state index in [0.29, 0.717) is 6.04 Å².